The molecule has 1 heterocycles. The molecule has 0 spiro atoms. The van der Waals surface area contributed by atoms with Crippen LogP contribution in [0.2, 0.25) is 0 Å². The van der Waals surface area contributed by atoms with Crippen LogP contribution in [0.1, 0.15) is 11.3 Å². The predicted octanol–water partition coefficient (Wildman–Crippen LogP) is 2.06. The van der Waals surface area contributed by atoms with E-state index in [2.05, 4.69) is 16.8 Å². The fraction of sp³-hybridized carbons (Fsp3) is 0. The fourth-order valence-electron chi connectivity index (χ4n) is 1.14. The van der Waals surface area contributed by atoms with Crippen molar-refractivity contribution in [3.63, 3.8) is 0 Å². The van der Waals surface area contributed by atoms with E-state index < -0.39 is 0 Å². The first-order valence-corrected chi connectivity index (χ1v) is 4.63. The minimum Gasteiger partial charge on any atom is -0.399 e. The third-order valence-electron chi connectivity index (χ3n) is 1.91. The van der Waals surface area contributed by atoms with Gasteiger partial charge in [0.1, 0.15) is 5.69 Å². The van der Waals surface area contributed by atoms with E-state index in [0.717, 1.165) is 16.9 Å². The highest BCUT2D eigenvalue weighted by Gasteiger charge is 1.87. The van der Waals surface area contributed by atoms with Gasteiger partial charge < -0.3 is 5.73 Å². The number of anilines is 1. The van der Waals surface area contributed by atoms with Crippen molar-refractivity contribution in [2.24, 2.45) is 0 Å². The Morgan fingerprint density at radius 2 is 1.73 bits per heavy atom. The smallest absolute Gasteiger partial charge is 0.113 e. The third-order valence-corrected chi connectivity index (χ3v) is 1.91. The maximum atomic E-state index is 5.57. The lowest BCUT2D eigenvalue weighted by Gasteiger charge is -1.91. The van der Waals surface area contributed by atoms with Gasteiger partial charge in [-0.2, -0.15) is 0 Å². The zero-order chi connectivity index (χ0) is 10.5. The summed E-state index contributed by atoms with van der Waals surface area (Å²) in [6.45, 7) is 0. The average Bonchev–Trinajstić information content (AvgIpc) is 2.30. The van der Waals surface area contributed by atoms with Crippen molar-refractivity contribution in [3.8, 4) is 11.8 Å². The van der Waals surface area contributed by atoms with Crippen LogP contribution in [0.5, 0.6) is 0 Å². The fourth-order valence-corrected chi connectivity index (χ4v) is 1.14. The van der Waals surface area contributed by atoms with E-state index in [0.29, 0.717) is 0 Å². The van der Waals surface area contributed by atoms with E-state index >= 15 is 0 Å². The van der Waals surface area contributed by atoms with Gasteiger partial charge in [0.2, 0.25) is 0 Å². The molecule has 0 fully saturated rings. The number of nitrogens with zero attached hydrogens (tertiary/aromatic N) is 1. The standard InChI is InChI=1S/C13H10N2/c14-12-7-4-11(5-8-12)6-9-13-3-1-2-10-15-13/h1-5,7-8,10H,14H2. The average molecular weight is 194 g/mol. The summed E-state index contributed by atoms with van der Waals surface area (Å²) in [4.78, 5) is 4.11. The molecule has 2 rings (SSSR count). The van der Waals surface area contributed by atoms with Gasteiger partial charge in [0.05, 0.1) is 0 Å². The lowest BCUT2D eigenvalue weighted by molar-refractivity contribution is 1.29. The Kier molecular flexibility index (Phi) is 2.66. The van der Waals surface area contributed by atoms with Gasteiger partial charge in [0, 0.05) is 17.4 Å². The Labute approximate surface area is 88.8 Å². The topological polar surface area (TPSA) is 38.9 Å². The Morgan fingerprint density at radius 1 is 0.933 bits per heavy atom. The molecule has 2 nitrogen and oxygen atoms in total. The molecule has 0 atom stereocenters. The number of nitrogens with two attached hydrogens (primary N) is 1. The number of rotatable bonds is 0. The molecule has 1 aromatic carbocycles. The second-order valence-corrected chi connectivity index (χ2v) is 3.09. The number of nitrogen functional groups attached to an aromatic ring is 1. The number of hydrogen-bond donors (Lipinski definition) is 1. The minimum atomic E-state index is 0.749. The number of pyridine rings is 1. The molecule has 15 heavy (non-hydrogen) atoms. The molecule has 0 radical (unpaired) electrons. The molecular formula is C13H10N2. The lowest BCUT2D eigenvalue weighted by Crippen LogP contribution is -1.83. The lowest BCUT2D eigenvalue weighted by atomic mass is 10.2. The first-order chi connectivity index (χ1) is 7.34. The van der Waals surface area contributed by atoms with Crippen LogP contribution in [0.3, 0.4) is 0 Å². The number of benzene rings is 1. The molecule has 0 aliphatic rings. The van der Waals surface area contributed by atoms with Crippen LogP contribution in [-0.2, 0) is 0 Å². The highest BCUT2D eigenvalue weighted by atomic mass is 14.6. The number of aromatic nitrogens is 1. The van der Waals surface area contributed by atoms with E-state index in [9.17, 15) is 0 Å². The molecule has 0 unspecified atom stereocenters. The second kappa shape index (κ2) is 4.30. The summed E-state index contributed by atoms with van der Waals surface area (Å²) in [7, 11) is 0. The SMILES string of the molecule is Nc1ccc(C#Cc2ccccn2)cc1. The van der Waals surface area contributed by atoms with Crippen molar-refractivity contribution in [2.45, 2.75) is 0 Å². The Balaban J connectivity index is 2.22. The van der Waals surface area contributed by atoms with Crippen LogP contribution in [-0.4, -0.2) is 4.98 Å². The first-order valence-electron chi connectivity index (χ1n) is 4.63. The van der Waals surface area contributed by atoms with Crippen LogP contribution in [0.15, 0.2) is 48.7 Å². The number of hydrogen-bond acceptors (Lipinski definition) is 2. The predicted molar refractivity (Wildman–Crippen MR) is 61.1 cm³/mol. The molecule has 0 aliphatic carbocycles. The first kappa shape index (κ1) is 9.29. The van der Waals surface area contributed by atoms with Crippen molar-refractivity contribution in [1.82, 2.24) is 4.98 Å². The molecular weight excluding hydrogens is 184 g/mol. The molecule has 0 aliphatic heterocycles. The molecule has 1 aromatic heterocycles. The normalized spacial score (nSPS) is 9.07. The highest BCUT2D eigenvalue weighted by molar-refractivity contribution is 5.46. The van der Waals surface area contributed by atoms with Crippen LogP contribution >= 0.6 is 0 Å². The second-order valence-electron chi connectivity index (χ2n) is 3.09. The van der Waals surface area contributed by atoms with Crippen LogP contribution in [0.4, 0.5) is 5.69 Å². The summed E-state index contributed by atoms with van der Waals surface area (Å²) >= 11 is 0. The minimum absolute atomic E-state index is 0.749. The molecule has 2 heteroatoms. The van der Waals surface area contributed by atoms with Gasteiger partial charge in [0.25, 0.3) is 0 Å². The molecule has 0 amide bonds. The van der Waals surface area contributed by atoms with Crippen molar-refractivity contribution in [3.05, 3.63) is 59.9 Å². The quantitative estimate of drug-likeness (QED) is 0.515. The molecule has 2 N–H and O–H groups in total. The van der Waals surface area contributed by atoms with E-state index in [-0.39, 0.29) is 0 Å². The summed E-state index contributed by atoms with van der Waals surface area (Å²) in [5, 5.41) is 0. The van der Waals surface area contributed by atoms with Crippen molar-refractivity contribution in [1.29, 1.82) is 0 Å². The Bertz CT molecular complexity index is 490. The van der Waals surface area contributed by atoms with Gasteiger partial charge in [-0.05, 0) is 42.3 Å². The highest BCUT2D eigenvalue weighted by Crippen LogP contribution is 2.03. The van der Waals surface area contributed by atoms with Crippen molar-refractivity contribution >= 4 is 5.69 Å². The van der Waals surface area contributed by atoms with Crippen molar-refractivity contribution in [2.75, 3.05) is 5.73 Å². The summed E-state index contributed by atoms with van der Waals surface area (Å²) in [6, 6.07) is 13.1. The van der Waals surface area contributed by atoms with Crippen LogP contribution < -0.4 is 5.73 Å². The van der Waals surface area contributed by atoms with E-state index in [1.54, 1.807) is 6.20 Å². The van der Waals surface area contributed by atoms with Gasteiger partial charge in [-0.15, -0.1) is 0 Å². The van der Waals surface area contributed by atoms with Gasteiger partial charge >= 0.3 is 0 Å². The molecule has 0 saturated carbocycles. The summed E-state index contributed by atoms with van der Waals surface area (Å²) in [5.74, 6) is 6.00. The van der Waals surface area contributed by atoms with Gasteiger partial charge in [0.15, 0.2) is 0 Å². The van der Waals surface area contributed by atoms with Gasteiger partial charge in [-0.3, -0.25) is 0 Å². The largest absolute Gasteiger partial charge is 0.399 e. The summed E-state index contributed by atoms with van der Waals surface area (Å²) in [5.41, 5.74) is 8.03. The van der Waals surface area contributed by atoms with E-state index in [4.69, 9.17) is 5.73 Å². The van der Waals surface area contributed by atoms with Crippen LogP contribution in [0, 0.1) is 11.8 Å². The van der Waals surface area contributed by atoms with Crippen LogP contribution in [0.25, 0.3) is 0 Å². The van der Waals surface area contributed by atoms with E-state index in [1.807, 2.05) is 42.5 Å². The molecule has 0 saturated heterocycles. The third kappa shape index (κ3) is 2.58. The molecule has 0 bridgehead atoms. The Hall–Kier alpha value is -2.27. The molecule has 72 valence electrons. The zero-order valence-corrected chi connectivity index (χ0v) is 8.14. The van der Waals surface area contributed by atoms with Gasteiger partial charge in [-0.25, -0.2) is 4.98 Å². The molecule has 2 aromatic rings. The van der Waals surface area contributed by atoms with Crippen molar-refractivity contribution < 1.29 is 0 Å². The zero-order valence-electron chi connectivity index (χ0n) is 8.14. The van der Waals surface area contributed by atoms with Gasteiger partial charge in [-0.1, -0.05) is 12.0 Å². The Morgan fingerprint density at radius 3 is 2.40 bits per heavy atom. The maximum absolute atomic E-state index is 5.57. The van der Waals surface area contributed by atoms with E-state index in [1.165, 1.54) is 0 Å². The maximum Gasteiger partial charge on any atom is 0.113 e. The summed E-state index contributed by atoms with van der Waals surface area (Å²) in [6.07, 6.45) is 1.73. The monoisotopic (exact) mass is 194 g/mol. The summed E-state index contributed by atoms with van der Waals surface area (Å²) < 4.78 is 0.